The van der Waals surface area contributed by atoms with Crippen LogP contribution in [0.2, 0.25) is 0 Å². The van der Waals surface area contributed by atoms with Crippen LogP contribution in [0.5, 0.6) is 0 Å². The summed E-state index contributed by atoms with van der Waals surface area (Å²) in [6.45, 7) is 3.21. The van der Waals surface area contributed by atoms with E-state index in [1.807, 2.05) is 30.0 Å². The molecule has 0 spiro atoms. The first-order valence-electron chi connectivity index (χ1n) is 5.47. The lowest BCUT2D eigenvalue weighted by Gasteiger charge is -2.04. The molecule has 16 heavy (non-hydrogen) atoms. The van der Waals surface area contributed by atoms with Gasteiger partial charge in [0.05, 0.1) is 0 Å². The average molecular weight is 233 g/mol. The number of hydrogen-bond acceptors (Lipinski definition) is 2. The Morgan fingerprint density at radius 2 is 2.25 bits per heavy atom. The molecule has 0 aliphatic heterocycles. The summed E-state index contributed by atoms with van der Waals surface area (Å²) >= 11 is 1.95. The zero-order valence-electron chi connectivity index (χ0n) is 9.35. The lowest BCUT2D eigenvalue weighted by atomic mass is 10.2. The average Bonchev–Trinajstić information content (AvgIpc) is 2.72. The second-order valence-electron chi connectivity index (χ2n) is 3.64. The summed E-state index contributed by atoms with van der Waals surface area (Å²) in [7, 11) is 0. The van der Waals surface area contributed by atoms with Crippen LogP contribution in [0.15, 0.2) is 30.5 Å². The fourth-order valence-corrected chi connectivity index (χ4v) is 2.41. The Kier molecular flexibility index (Phi) is 3.67. The number of benzene rings is 1. The van der Waals surface area contributed by atoms with Crippen molar-refractivity contribution in [3.8, 4) is 0 Å². The van der Waals surface area contributed by atoms with Crippen molar-refractivity contribution in [3.63, 3.8) is 0 Å². The molecule has 0 saturated carbocycles. The fraction of sp³-hybridized carbons (Fsp3) is 0.308. The van der Waals surface area contributed by atoms with Gasteiger partial charge in [0.25, 0.3) is 0 Å². The molecule has 84 valence electrons. The molecule has 0 N–H and O–H groups in total. The molecule has 0 aliphatic carbocycles. The Hall–Kier alpha value is -1.22. The highest BCUT2D eigenvalue weighted by molar-refractivity contribution is 7.99. The van der Waals surface area contributed by atoms with Crippen molar-refractivity contribution < 1.29 is 4.79 Å². The maximum absolute atomic E-state index is 10.7. The lowest BCUT2D eigenvalue weighted by molar-refractivity contribution is 0.112. The van der Waals surface area contributed by atoms with E-state index < -0.39 is 0 Å². The minimum absolute atomic E-state index is 0.744. The third kappa shape index (κ3) is 2.30. The first-order chi connectivity index (χ1) is 7.85. The number of hydrogen-bond donors (Lipinski definition) is 0. The zero-order chi connectivity index (χ0) is 11.4. The summed E-state index contributed by atoms with van der Waals surface area (Å²) in [6, 6.07) is 7.90. The van der Waals surface area contributed by atoms with Crippen LogP contribution in [0.3, 0.4) is 0 Å². The van der Waals surface area contributed by atoms with Crippen molar-refractivity contribution in [2.75, 3.05) is 11.5 Å². The van der Waals surface area contributed by atoms with E-state index in [-0.39, 0.29) is 0 Å². The molecule has 0 saturated heterocycles. The minimum Gasteiger partial charge on any atom is -0.347 e. The zero-order valence-corrected chi connectivity index (χ0v) is 10.2. The molecule has 2 aromatic rings. The first kappa shape index (κ1) is 11.3. The minimum atomic E-state index is 0.744. The summed E-state index contributed by atoms with van der Waals surface area (Å²) in [5, 5.41) is 1.14. The number of carbonyl (C=O) groups is 1. The molecule has 1 aromatic heterocycles. The van der Waals surface area contributed by atoms with Gasteiger partial charge in [-0.2, -0.15) is 11.8 Å². The standard InChI is InChI=1S/C13H15NOS/c1-2-16-8-7-14-6-5-12-9-11(10-15)3-4-13(12)14/h3-6,9-10H,2,7-8H2,1H3. The Morgan fingerprint density at radius 1 is 1.38 bits per heavy atom. The predicted octanol–water partition coefficient (Wildman–Crippen LogP) is 3.21. The molecule has 3 heteroatoms. The lowest BCUT2D eigenvalue weighted by Crippen LogP contribution is -1.98. The van der Waals surface area contributed by atoms with Gasteiger partial charge in [-0.15, -0.1) is 0 Å². The van der Waals surface area contributed by atoms with Gasteiger partial charge in [-0.3, -0.25) is 4.79 Å². The molecule has 0 atom stereocenters. The Balaban J connectivity index is 2.23. The van der Waals surface area contributed by atoms with E-state index in [0.717, 1.165) is 35.3 Å². The number of aldehydes is 1. The van der Waals surface area contributed by atoms with Crippen LogP contribution in [0.25, 0.3) is 10.9 Å². The molecule has 0 amide bonds. The van der Waals surface area contributed by atoms with E-state index in [9.17, 15) is 4.79 Å². The van der Waals surface area contributed by atoms with E-state index in [4.69, 9.17) is 0 Å². The van der Waals surface area contributed by atoms with Gasteiger partial charge in [0.15, 0.2) is 0 Å². The SMILES string of the molecule is CCSCCn1ccc2cc(C=O)ccc21. The second-order valence-corrected chi connectivity index (χ2v) is 5.04. The quantitative estimate of drug-likeness (QED) is 0.584. The van der Waals surface area contributed by atoms with Crippen LogP contribution in [0, 0.1) is 0 Å². The normalized spacial score (nSPS) is 10.8. The monoisotopic (exact) mass is 233 g/mol. The Labute approximate surface area is 99.6 Å². The molecule has 0 radical (unpaired) electrons. The molecule has 2 nitrogen and oxygen atoms in total. The number of fused-ring (bicyclic) bond motifs is 1. The maximum atomic E-state index is 10.7. The molecular formula is C13H15NOS. The number of thioether (sulfide) groups is 1. The number of aryl methyl sites for hydroxylation is 1. The second kappa shape index (κ2) is 5.21. The molecule has 0 unspecified atom stereocenters. The van der Waals surface area contributed by atoms with Crippen molar-refractivity contribution >= 4 is 29.0 Å². The van der Waals surface area contributed by atoms with E-state index >= 15 is 0 Å². The van der Waals surface area contributed by atoms with E-state index in [2.05, 4.69) is 23.8 Å². The summed E-state index contributed by atoms with van der Waals surface area (Å²) in [5.41, 5.74) is 1.95. The van der Waals surface area contributed by atoms with Crippen molar-refractivity contribution in [1.82, 2.24) is 4.57 Å². The molecule has 0 fully saturated rings. The highest BCUT2D eigenvalue weighted by atomic mass is 32.2. The van der Waals surface area contributed by atoms with Gasteiger partial charge >= 0.3 is 0 Å². The van der Waals surface area contributed by atoms with Gasteiger partial charge in [0.1, 0.15) is 6.29 Å². The highest BCUT2D eigenvalue weighted by Crippen LogP contribution is 2.17. The predicted molar refractivity (Wildman–Crippen MR) is 70.3 cm³/mol. The maximum Gasteiger partial charge on any atom is 0.150 e. The fourth-order valence-electron chi connectivity index (χ4n) is 1.79. The number of carbonyl (C=O) groups excluding carboxylic acids is 1. The van der Waals surface area contributed by atoms with Crippen LogP contribution in [-0.4, -0.2) is 22.4 Å². The molecular weight excluding hydrogens is 218 g/mol. The molecule has 1 heterocycles. The van der Waals surface area contributed by atoms with Crippen LogP contribution in [0.1, 0.15) is 17.3 Å². The van der Waals surface area contributed by atoms with Gasteiger partial charge in [0, 0.05) is 35.0 Å². The summed E-state index contributed by atoms with van der Waals surface area (Å²) in [6.07, 6.45) is 2.99. The van der Waals surface area contributed by atoms with Gasteiger partial charge in [-0.25, -0.2) is 0 Å². The highest BCUT2D eigenvalue weighted by Gasteiger charge is 2.01. The van der Waals surface area contributed by atoms with Crippen LogP contribution >= 0.6 is 11.8 Å². The van der Waals surface area contributed by atoms with Crippen molar-refractivity contribution in [1.29, 1.82) is 0 Å². The van der Waals surface area contributed by atoms with Crippen LogP contribution in [-0.2, 0) is 6.54 Å². The third-order valence-electron chi connectivity index (χ3n) is 2.61. The smallest absolute Gasteiger partial charge is 0.150 e. The topological polar surface area (TPSA) is 22.0 Å². The van der Waals surface area contributed by atoms with E-state index in [1.54, 1.807) is 0 Å². The summed E-state index contributed by atoms with van der Waals surface area (Å²) in [4.78, 5) is 10.7. The van der Waals surface area contributed by atoms with Crippen molar-refractivity contribution in [2.24, 2.45) is 0 Å². The Morgan fingerprint density at radius 3 is 3.00 bits per heavy atom. The summed E-state index contributed by atoms with van der Waals surface area (Å²) < 4.78 is 2.24. The number of rotatable bonds is 5. The first-order valence-corrected chi connectivity index (χ1v) is 6.62. The number of aromatic nitrogens is 1. The van der Waals surface area contributed by atoms with Gasteiger partial charge in [-0.1, -0.05) is 6.92 Å². The van der Waals surface area contributed by atoms with Gasteiger partial charge < -0.3 is 4.57 Å². The molecule has 0 aliphatic rings. The molecule has 0 bridgehead atoms. The molecule has 2 rings (SSSR count). The van der Waals surface area contributed by atoms with E-state index in [1.165, 1.54) is 5.52 Å². The van der Waals surface area contributed by atoms with Crippen molar-refractivity contribution in [2.45, 2.75) is 13.5 Å². The van der Waals surface area contributed by atoms with E-state index in [0.29, 0.717) is 0 Å². The van der Waals surface area contributed by atoms with Crippen LogP contribution in [0.4, 0.5) is 0 Å². The molecule has 1 aromatic carbocycles. The van der Waals surface area contributed by atoms with Crippen molar-refractivity contribution in [3.05, 3.63) is 36.0 Å². The third-order valence-corrected chi connectivity index (χ3v) is 3.49. The summed E-state index contributed by atoms with van der Waals surface area (Å²) in [5.74, 6) is 2.30. The largest absolute Gasteiger partial charge is 0.347 e. The van der Waals surface area contributed by atoms with Gasteiger partial charge in [0.2, 0.25) is 0 Å². The Bertz CT molecular complexity index is 490. The number of nitrogens with zero attached hydrogens (tertiary/aromatic N) is 1. The van der Waals surface area contributed by atoms with Crippen LogP contribution < -0.4 is 0 Å². The van der Waals surface area contributed by atoms with Gasteiger partial charge in [-0.05, 0) is 30.0 Å².